The molecular formula is C22H27ClF2N8O3. The minimum atomic E-state index is -1.31. The van der Waals surface area contributed by atoms with Gasteiger partial charge in [-0.3, -0.25) is 9.59 Å². The molecule has 1 amide bonds. The summed E-state index contributed by atoms with van der Waals surface area (Å²) in [7, 11) is 0. The van der Waals surface area contributed by atoms with Crippen LogP contribution < -0.4 is 11.1 Å². The SMILES string of the molecule is Cl.Nc1nn2cc(F)cnc2c1C(=O)NC1CN(N2CCC(C(=O)O)CC2)CC(F)C1n1cccc1. The van der Waals surface area contributed by atoms with Crippen LogP contribution in [0.15, 0.2) is 36.9 Å². The van der Waals surface area contributed by atoms with Crippen molar-refractivity contribution in [1.29, 1.82) is 0 Å². The number of nitrogens with zero attached hydrogens (tertiary/aromatic N) is 6. The van der Waals surface area contributed by atoms with E-state index < -0.39 is 41.9 Å². The number of nitrogen functional groups attached to an aromatic ring is 1. The van der Waals surface area contributed by atoms with Gasteiger partial charge in [0.25, 0.3) is 5.91 Å². The normalized spacial score (nSPS) is 23.9. The standard InChI is InChI=1S/C22H26F2N8O3.ClH/c23-14-9-26-20-17(19(25)28-32(20)10-14)21(33)27-16-12-31(30-7-3-13(4-8-30)22(34)35)11-15(24)18(16)29-5-1-2-6-29;/h1-2,5-6,9-10,13,15-16,18H,3-4,7-8,11-12H2,(H2,25,28)(H,27,33)(H,34,35);1H. The van der Waals surface area contributed by atoms with E-state index in [0.29, 0.717) is 32.5 Å². The molecule has 3 atom stereocenters. The Kier molecular flexibility index (Phi) is 7.43. The predicted molar refractivity (Wildman–Crippen MR) is 128 cm³/mol. The van der Waals surface area contributed by atoms with Crippen LogP contribution in [0, 0.1) is 11.7 Å². The number of piperidine rings is 2. The molecule has 5 heterocycles. The first-order valence-electron chi connectivity index (χ1n) is 11.4. The van der Waals surface area contributed by atoms with E-state index in [1.54, 1.807) is 29.1 Å². The molecule has 2 saturated heterocycles. The van der Waals surface area contributed by atoms with E-state index >= 15 is 4.39 Å². The van der Waals surface area contributed by atoms with Gasteiger partial charge in [0.2, 0.25) is 0 Å². The smallest absolute Gasteiger partial charge is 0.306 e. The van der Waals surface area contributed by atoms with Gasteiger partial charge in [0.15, 0.2) is 17.3 Å². The molecule has 2 aliphatic rings. The molecule has 0 bridgehead atoms. The third kappa shape index (κ3) is 4.86. The summed E-state index contributed by atoms with van der Waals surface area (Å²) >= 11 is 0. The van der Waals surface area contributed by atoms with Crippen LogP contribution in [0.5, 0.6) is 0 Å². The average molecular weight is 525 g/mol. The maximum Gasteiger partial charge on any atom is 0.306 e. The summed E-state index contributed by atoms with van der Waals surface area (Å²) in [5.74, 6) is -2.55. The molecule has 5 rings (SSSR count). The van der Waals surface area contributed by atoms with Crippen molar-refractivity contribution in [2.24, 2.45) is 5.92 Å². The first-order chi connectivity index (χ1) is 16.8. The largest absolute Gasteiger partial charge is 0.481 e. The zero-order chi connectivity index (χ0) is 24.7. The Bertz CT molecular complexity index is 1230. The molecule has 2 fully saturated rings. The molecule has 3 unspecified atom stereocenters. The lowest BCUT2D eigenvalue weighted by Gasteiger charge is -2.47. The molecule has 0 spiro atoms. The van der Waals surface area contributed by atoms with Crippen LogP contribution in [0.3, 0.4) is 0 Å². The number of hydrogen-bond acceptors (Lipinski definition) is 7. The Morgan fingerprint density at radius 1 is 1.14 bits per heavy atom. The fraction of sp³-hybridized carbons (Fsp3) is 0.455. The number of nitrogens with one attached hydrogen (secondary N) is 1. The average Bonchev–Trinajstić information content (AvgIpc) is 3.45. The van der Waals surface area contributed by atoms with E-state index in [1.807, 2.05) is 10.0 Å². The summed E-state index contributed by atoms with van der Waals surface area (Å²) in [5.41, 5.74) is 6.03. The van der Waals surface area contributed by atoms with Gasteiger partial charge in [-0.05, 0) is 25.0 Å². The number of anilines is 1. The highest BCUT2D eigenvalue weighted by Gasteiger charge is 2.42. The monoisotopic (exact) mass is 524 g/mol. The number of hydrazine groups is 1. The minimum Gasteiger partial charge on any atom is -0.481 e. The summed E-state index contributed by atoms with van der Waals surface area (Å²) in [4.78, 5) is 28.6. The summed E-state index contributed by atoms with van der Waals surface area (Å²) in [6, 6.07) is 2.26. The lowest BCUT2D eigenvalue weighted by molar-refractivity contribution is -0.147. The number of carbonyl (C=O) groups excluding carboxylic acids is 1. The van der Waals surface area contributed by atoms with E-state index in [1.165, 1.54) is 0 Å². The second-order valence-electron chi connectivity index (χ2n) is 8.96. The lowest BCUT2D eigenvalue weighted by Crippen LogP contribution is -2.62. The maximum absolute atomic E-state index is 15.6. The van der Waals surface area contributed by atoms with Gasteiger partial charge in [0.1, 0.15) is 11.7 Å². The Labute approximate surface area is 211 Å². The topological polar surface area (TPSA) is 134 Å². The number of aliphatic carboxylic acids is 1. The van der Waals surface area contributed by atoms with Gasteiger partial charge in [0, 0.05) is 38.6 Å². The molecule has 14 heteroatoms. The van der Waals surface area contributed by atoms with Gasteiger partial charge < -0.3 is 20.7 Å². The van der Waals surface area contributed by atoms with E-state index in [0.717, 1.165) is 16.9 Å². The maximum atomic E-state index is 15.6. The van der Waals surface area contributed by atoms with Gasteiger partial charge in [-0.25, -0.2) is 28.3 Å². The number of carboxylic acid groups (broad SMARTS) is 1. The van der Waals surface area contributed by atoms with Crippen molar-refractivity contribution in [3.8, 4) is 0 Å². The van der Waals surface area contributed by atoms with Crippen LogP contribution in [0.4, 0.5) is 14.6 Å². The van der Waals surface area contributed by atoms with Gasteiger partial charge in [-0.15, -0.1) is 17.5 Å². The number of carbonyl (C=O) groups is 2. The number of nitrogens with two attached hydrogens (primary N) is 1. The predicted octanol–water partition coefficient (Wildman–Crippen LogP) is 1.38. The summed E-state index contributed by atoms with van der Waals surface area (Å²) in [6.07, 6.45) is 5.17. The van der Waals surface area contributed by atoms with Crippen molar-refractivity contribution >= 4 is 35.7 Å². The Morgan fingerprint density at radius 2 is 1.83 bits per heavy atom. The Hall–Kier alpha value is -3.29. The van der Waals surface area contributed by atoms with Crippen LogP contribution in [0.1, 0.15) is 29.2 Å². The molecule has 3 aromatic heterocycles. The highest BCUT2D eigenvalue weighted by Crippen LogP contribution is 2.30. The Balaban J connectivity index is 0.00000304. The molecule has 0 aliphatic carbocycles. The van der Waals surface area contributed by atoms with Crippen molar-refractivity contribution in [3.63, 3.8) is 0 Å². The van der Waals surface area contributed by atoms with Crippen molar-refractivity contribution in [2.45, 2.75) is 31.1 Å². The second-order valence-corrected chi connectivity index (χ2v) is 8.96. The Morgan fingerprint density at radius 3 is 2.50 bits per heavy atom. The fourth-order valence-corrected chi connectivity index (χ4v) is 5.06. The second kappa shape index (κ2) is 10.4. The van der Waals surface area contributed by atoms with Crippen molar-refractivity contribution in [3.05, 3.63) is 48.3 Å². The number of rotatable bonds is 5. The van der Waals surface area contributed by atoms with Crippen LogP contribution in [0.2, 0.25) is 0 Å². The molecule has 194 valence electrons. The fourth-order valence-electron chi connectivity index (χ4n) is 5.06. The van der Waals surface area contributed by atoms with Gasteiger partial charge >= 0.3 is 5.97 Å². The van der Waals surface area contributed by atoms with E-state index in [9.17, 15) is 19.1 Å². The van der Waals surface area contributed by atoms with Crippen molar-refractivity contribution in [1.82, 2.24) is 34.5 Å². The molecule has 3 aromatic rings. The number of halogens is 3. The first-order valence-corrected chi connectivity index (χ1v) is 11.4. The highest BCUT2D eigenvalue weighted by atomic mass is 35.5. The molecule has 36 heavy (non-hydrogen) atoms. The summed E-state index contributed by atoms with van der Waals surface area (Å²) in [5, 5.41) is 20.0. The number of amides is 1. The van der Waals surface area contributed by atoms with Gasteiger partial charge in [-0.1, -0.05) is 0 Å². The molecule has 0 saturated carbocycles. The quantitative estimate of drug-likeness (QED) is 0.456. The number of alkyl halides is 1. The van der Waals surface area contributed by atoms with E-state index in [4.69, 9.17) is 5.73 Å². The lowest BCUT2D eigenvalue weighted by atomic mass is 9.95. The molecule has 4 N–H and O–H groups in total. The summed E-state index contributed by atoms with van der Waals surface area (Å²) in [6.45, 7) is 1.42. The zero-order valence-corrected chi connectivity index (χ0v) is 20.0. The van der Waals surface area contributed by atoms with Crippen LogP contribution in [-0.4, -0.2) is 84.6 Å². The van der Waals surface area contributed by atoms with E-state index in [-0.39, 0.29) is 36.0 Å². The molecule has 0 aromatic carbocycles. The molecule has 0 radical (unpaired) electrons. The van der Waals surface area contributed by atoms with Gasteiger partial charge in [0.05, 0.1) is 30.4 Å². The molecular weight excluding hydrogens is 498 g/mol. The third-order valence-corrected chi connectivity index (χ3v) is 6.78. The third-order valence-electron chi connectivity index (χ3n) is 6.78. The summed E-state index contributed by atoms with van der Waals surface area (Å²) < 4.78 is 32.0. The van der Waals surface area contributed by atoms with Crippen molar-refractivity contribution in [2.75, 3.05) is 31.9 Å². The number of hydrogen-bond donors (Lipinski definition) is 3. The number of aromatic nitrogens is 4. The molecule has 2 aliphatic heterocycles. The number of carboxylic acids is 1. The van der Waals surface area contributed by atoms with Crippen molar-refractivity contribution < 1.29 is 23.5 Å². The van der Waals surface area contributed by atoms with Crippen LogP contribution in [0.25, 0.3) is 5.65 Å². The zero-order valence-electron chi connectivity index (χ0n) is 19.2. The van der Waals surface area contributed by atoms with Crippen LogP contribution in [-0.2, 0) is 4.79 Å². The number of fused-ring (bicyclic) bond motifs is 1. The highest BCUT2D eigenvalue weighted by molar-refractivity contribution is 6.04. The van der Waals surface area contributed by atoms with Crippen LogP contribution >= 0.6 is 12.4 Å². The molecule has 11 nitrogen and oxygen atoms in total. The minimum absolute atomic E-state index is 0. The first kappa shape index (κ1) is 25.8. The van der Waals surface area contributed by atoms with E-state index in [2.05, 4.69) is 15.4 Å². The van der Waals surface area contributed by atoms with Gasteiger partial charge in [-0.2, -0.15) is 0 Å².